The highest BCUT2D eigenvalue weighted by Gasteiger charge is 2.49. The van der Waals surface area contributed by atoms with Crippen LogP contribution in [0.15, 0.2) is 0 Å². The van der Waals surface area contributed by atoms with Gasteiger partial charge in [-0.15, -0.1) is 0 Å². The molecule has 4 heteroatoms. The van der Waals surface area contributed by atoms with Crippen molar-refractivity contribution in [1.82, 2.24) is 4.90 Å². The molecule has 4 unspecified atom stereocenters. The molecule has 1 saturated carbocycles. The van der Waals surface area contributed by atoms with Gasteiger partial charge in [0.05, 0.1) is 6.61 Å². The zero-order valence-electron chi connectivity index (χ0n) is 10.8. The number of methoxy groups -OCH3 is 1. The molecule has 2 aliphatic rings. The Bertz CT molecular complexity index is 282. The Morgan fingerprint density at radius 3 is 2.88 bits per heavy atom. The van der Waals surface area contributed by atoms with E-state index in [0.717, 1.165) is 19.4 Å². The van der Waals surface area contributed by atoms with Gasteiger partial charge in [0.15, 0.2) is 0 Å². The molecule has 98 valence electrons. The van der Waals surface area contributed by atoms with E-state index >= 15 is 0 Å². The van der Waals surface area contributed by atoms with Crippen molar-refractivity contribution in [2.75, 3.05) is 20.3 Å². The number of carbonyl (C=O) groups is 1. The Kier molecular flexibility index (Phi) is 4.05. The van der Waals surface area contributed by atoms with Gasteiger partial charge in [0, 0.05) is 19.7 Å². The molecule has 4 atom stereocenters. The topological polar surface area (TPSA) is 49.8 Å². The van der Waals surface area contributed by atoms with Crippen molar-refractivity contribution in [3.8, 4) is 0 Å². The Morgan fingerprint density at radius 1 is 1.53 bits per heavy atom. The molecule has 0 spiro atoms. The highest BCUT2D eigenvalue weighted by molar-refractivity contribution is 5.74. The zero-order valence-corrected chi connectivity index (χ0v) is 10.8. The van der Waals surface area contributed by atoms with E-state index in [-0.39, 0.29) is 12.1 Å². The number of carboxylic acids is 1. The van der Waals surface area contributed by atoms with Gasteiger partial charge in [0.1, 0.15) is 6.04 Å². The summed E-state index contributed by atoms with van der Waals surface area (Å²) in [6, 6.07) is -0.0192. The third-order valence-corrected chi connectivity index (χ3v) is 4.48. The van der Waals surface area contributed by atoms with Crippen LogP contribution in [0.2, 0.25) is 0 Å². The van der Waals surface area contributed by atoms with Crippen LogP contribution in [0, 0.1) is 11.8 Å². The van der Waals surface area contributed by atoms with E-state index in [9.17, 15) is 9.90 Å². The summed E-state index contributed by atoms with van der Waals surface area (Å²) in [6.07, 6.45) is 4.45. The fourth-order valence-corrected chi connectivity index (χ4v) is 3.68. The highest BCUT2D eigenvalue weighted by Crippen LogP contribution is 2.43. The highest BCUT2D eigenvalue weighted by atomic mass is 16.5. The van der Waals surface area contributed by atoms with Gasteiger partial charge in [-0.3, -0.25) is 9.69 Å². The first-order valence-electron chi connectivity index (χ1n) is 6.66. The number of ether oxygens (including phenoxy) is 1. The summed E-state index contributed by atoms with van der Waals surface area (Å²) >= 11 is 0. The first-order chi connectivity index (χ1) is 8.19. The van der Waals surface area contributed by atoms with E-state index < -0.39 is 5.97 Å². The Labute approximate surface area is 103 Å². The van der Waals surface area contributed by atoms with Crippen molar-refractivity contribution in [1.29, 1.82) is 0 Å². The van der Waals surface area contributed by atoms with Crippen LogP contribution in [0.5, 0.6) is 0 Å². The molecular weight excluding hydrogens is 218 g/mol. The second kappa shape index (κ2) is 5.36. The van der Waals surface area contributed by atoms with Gasteiger partial charge in [0.25, 0.3) is 0 Å². The van der Waals surface area contributed by atoms with E-state index in [1.807, 2.05) is 0 Å². The lowest BCUT2D eigenvalue weighted by molar-refractivity contribution is -0.144. The molecule has 0 aromatic heterocycles. The molecule has 0 amide bonds. The van der Waals surface area contributed by atoms with Gasteiger partial charge in [-0.05, 0) is 31.1 Å². The van der Waals surface area contributed by atoms with Crippen LogP contribution < -0.4 is 0 Å². The van der Waals surface area contributed by atoms with Crippen LogP contribution in [0.3, 0.4) is 0 Å². The summed E-state index contributed by atoms with van der Waals surface area (Å²) in [7, 11) is 1.69. The predicted molar refractivity (Wildman–Crippen MR) is 64.9 cm³/mol. The molecule has 0 bridgehead atoms. The van der Waals surface area contributed by atoms with Crippen LogP contribution in [0.4, 0.5) is 0 Å². The second-order valence-corrected chi connectivity index (χ2v) is 5.35. The molecule has 0 radical (unpaired) electrons. The minimum atomic E-state index is -0.644. The second-order valence-electron chi connectivity index (χ2n) is 5.35. The van der Waals surface area contributed by atoms with E-state index in [4.69, 9.17) is 4.74 Å². The summed E-state index contributed by atoms with van der Waals surface area (Å²) in [5, 5.41) is 9.46. The van der Waals surface area contributed by atoms with E-state index in [1.165, 1.54) is 12.8 Å². The molecule has 0 aromatic carbocycles. The van der Waals surface area contributed by atoms with Crippen molar-refractivity contribution in [2.45, 2.75) is 44.7 Å². The molecule has 2 rings (SSSR count). The molecule has 4 nitrogen and oxygen atoms in total. The average Bonchev–Trinajstić information content (AvgIpc) is 2.84. The van der Waals surface area contributed by atoms with Crippen LogP contribution in [0.25, 0.3) is 0 Å². The smallest absolute Gasteiger partial charge is 0.321 e. The molecule has 0 aromatic rings. The normalized spacial score (nSPS) is 34.8. The van der Waals surface area contributed by atoms with Crippen LogP contribution in [-0.2, 0) is 9.53 Å². The summed E-state index contributed by atoms with van der Waals surface area (Å²) in [5.74, 6) is 0.328. The standard InChI is InChI=1S/C13H23NO3/c1-3-10(8-17-2)14-7-9-5-4-6-11(9)12(14)13(15)16/h9-12H,3-8H2,1-2H3,(H,15,16). The maximum atomic E-state index is 11.5. The van der Waals surface area contributed by atoms with Crippen molar-refractivity contribution in [2.24, 2.45) is 11.8 Å². The first kappa shape index (κ1) is 12.8. The monoisotopic (exact) mass is 241 g/mol. The average molecular weight is 241 g/mol. The van der Waals surface area contributed by atoms with Crippen molar-refractivity contribution < 1.29 is 14.6 Å². The molecular formula is C13H23NO3. The fraction of sp³-hybridized carbons (Fsp3) is 0.923. The number of fused-ring (bicyclic) bond motifs is 1. The van der Waals surface area contributed by atoms with E-state index in [2.05, 4.69) is 11.8 Å². The summed E-state index contributed by atoms with van der Waals surface area (Å²) < 4.78 is 5.22. The van der Waals surface area contributed by atoms with Crippen LogP contribution in [0.1, 0.15) is 32.6 Å². The molecule has 1 N–H and O–H groups in total. The summed E-state index contributed by atoms with van der Waals surface area (Å²) in [6.45, 7) is 3.69. The van der Waals surface area contributed by atoms with Gasteiger partial charge >= 0.3 is 5.97 Å². The molecule has 1 aliphatic carbocycles. The molecule has 1 aliphatic heterocycles. The van der Waals surface area contributed by atoms with Crippen LogP contribution in [-0.4, -0.2) is 48.3 Å². The quantitative estimate of drug-likeness (QED) is 0.794. The van der Waals surface area contributed by atoms with Crippen molar-refractivity contribution >= 4 is 5.97 Å². The lowest BCUT2D eigenvalue weighted by Crippen LogP contribution is -2.47. The number of carboxylic acid groups (broad SMARTS) is 1. The van der Waals surface area contributed by atoms with E-state index in [1.54, 1.807) is 7.11 Å². The molecule has 2 fully saturated rings. The molecule has 1 heterocycles. The predicted octanol–water partition coefficient (Wildman–Crippen LogP) is 1.60. The lowest BCUT2D eigenvalue weighted by Gasteiger charge is -2.31. The first-order valence-corrected chi connectivity index (χ1v) is 6.66. The Balaban J connectivity index is 2.13. The third-order valence-electron chi connectivity index (χ3n) is 4.48. The van der Waals surface area contributed by atoms with Gasteiger partial charge in [-0.25, -0.2) is 0 Å². The Hall–Kier alpha value is -0.610. The minimum Gasteiger partial charge on any atom is -0.480 e. The largest absolute Gasteiger partial charge is 0.480 e. The number of likely N-dealkylation sites (tertiary alicyclic amines) is 1. The Morgan fingerprint density at radius 2 is 2.29 bits per heavy atom. The van der Waals surface area contributed by atoms with Crippen molar-refractivity contribution in [3.05, 3.63) is 0 Å². The van der Waals surface area contributed by atoms with E-state index in [0.29, 0.717) is 18.4 Å². The SMILES string of the molecule is CCC(COC)N1CC2CCCC2C1C(=O)O. The van der Waals surface area contributed by atoms with Gasteiger partial charge in [-0.2, -0.15) is 0 Å². The number of nitrogens with zero attached hydrogens (tertiary/aromatic N) is 1. The fourth-order valence-electron chi connectivity index (χ4n) is 3.68. The molecule has 17 heavy (non-hydrogen) atoms. The maximum Gasteiger partial charge on any atom is 0.321 e. The number of hydrogen-bond donors (Lipinski definition) is 1. The third kappa shape index (κ3) is 2.33. The molecule has 1 saturated heterocycles. The van der Waals surface area contributed by atoms with Crippen molar-refractivity contribution in [3.63, 3.8) is 0 Å². The van der Waals surface area contributed by atoms with Crippen LogP contribution >= 0.6 is 0 Å². The zero-order chi connectivity index (χ0) is 12.4. The number of rotatable bonds is 5. The van der Waals surface area contributed by atoms with Gasteiger partial charge in [-0.1, -0.05) is 13.3 Å². The summed E-state index contributed by atoms with van der Waals surface area (Å²) in [5.41, 5.74) is 0. The summed E-state index contributed by atoms with van der Waals surface area (Å²) in [4.78, 5) is 13.7. The van der Waals surface area contributed by atoms with Gasteiger partial charge < -0.3 is 9.84 Å². The maximum absolute atomic E-state index is 11.5. The lowest BCUT2D eigenvalue weighted by atomic mass is 9.94. The number of aliphatic carboxylic acids is 1. The minimum absolute atomic E-state index is 0.256. The number of hydrogen-bond acceptors (Lipinski definition) is 3. The van der Waals surface area contributed by atoms with Gasteiger partial charge in [0.2, 0.25) is 0 Å².